The predicted octanol–water partition coefficient (Wildman–Crippen LogP) is 8.99. The summed E-state index contributed by atoms with van der Waals surface area (Å²) in [6, 6.07) is 33.1. The first kappa shape index (κ1) is 25.1. The molecule has 0 aliphatic carbocycles. The molecule has 0 N–H and O–H groups in total. The Hall–Kier alpha value is -5.21. The predicted molar refractivity (Wildman–Crippen MR) is 158 cm³/mol. The minimum absolute atomic E-state index is 0.254. The lowest BCUT2D eigenvalue weighted by atomic mass is 9.97. The van der Waals surface area contributed by atoms with E-state index in [1.807, 2.05) is 86.8 Å². The second-order valence-corrected chi connectivity index (χ2v) is 9.94. The number of benzene rings is 4. The van der Waals surface area contributed by atoms with Crippen LogP contribution in [0.25, 0.3) is 33.4 Å². The van der Waals surface area contributed by atoms with Crippen LogP contribution in [0, 0.1) is 31.0 Å². The van der Waals surface area contributed by atoms with Crippen molar-refractivity contribution in [3.05, 3.63) is 137 Å². The summed E-state index contributed by atoms with van der Waals surface area (Å²) >= 11 is 0. The van der Waals surface area contributed by atoms with Crippen molar-refractivity contribution in [2.45, 2.75) is 20.4 Å². The Kier molecular flexibility index (Phi) is 6.59. The lowest BCUT2D eigenvalue weighted by molar-refractivity contribution is 0.593. The Morgan fingerprint density at radius 2 is 1.50 bits per heavy atom. The van der Waals surface area contributed by atoms with Crippen LogP contribution in [0.2, 0.25) is 0 Å². The Morgan fingerprint density at radius 3 is 2.17 bits per heavy atom. The Bertz CT molecular complexity index is 1880. The molecule has 4 nitrogen and oxygen atoms in total. The zero-order valence-electron chi connectivity index (χ0n) is 22.2. The third kappa shape index (κ3) is 4.83. The monoisotopic (exact) mass is 523 g/mol. The quantitative estimate of drug-likeness (QED) is 0.205. The molecule has 0 aliphatic rings. The summed E-state index contributed by atoms with van der Waals surface area (Å²) in [4.78, 5) is 4.72. The number of aryl methyl sites for hydroxylation is 2. The van der Waals surface area contributed by atoms with Crippen molar-refractivity contribution >= 4 is 23.0 Å². The van der Waals surface area contributed by atoms with Crippen molar-refractivity contribution < 1.29 is 8.81 Å². The molecule has 0 radical (unpaired) electrons. The van der Waals surface area contributed by atoms with Crippen LogP contribution < -0.4 is 0 Å². The number of nitriles is 1. The molecule has 4 aromatic carbocycles. The zero-order valence-corrected chi connectivity index (χ0v) is 22.2. The van der Waals surface area contributed by atoms with Gasteiger partial charge in [-0.25, -0.2) is 9.38 Å². The summed E-state index contributed by atoms with van der Waals surface area (Å²) in [5.74, 6) is 0.631. The van der Waals surface area contributed by atoms with Crippen LogP contribution in [0.1, 0.15) is 27.8 Å². The van der Waals surface area contributed by atoms with Crippen LogP contribution in [0.5, 0.6) is 0 Å². The molecule has 0 spiro atoms. The van der Waals surface area contributed by atoms with Gasteiger partial charge in [0.25, 0.3) is 0 Å². The van der Waals surface area contributed by atoms with E-state index in [4.69, 9.17) is 9.41 Å². The standard InChI is InChI=1S/C35H26FN3O/c1-23-7-13-26(14-8-23)33-31(19-37)35(40-34(33)27-15-9-24(2)10-16-27)38-20-28-22-39(32-6-4-3-5-30(28)32)21-25-11-17-29(36)18-12-25/h3-18,20,22H,21H2,1-2H3. The second-order valence-electron chi connectivity index (χ2n) is 9.94. The SMILES string of the molecule is Cc1ccc(-c2oc(N=Cc3cn(Cc4ccc(F)cc4)c4ccccc34)c(C#N)c2-c2ccc(C)cc2)cc1. The molecule has 6 aromatic rings. The van der Waals surface area contributed by atoms with Crippen molar-refractivity contribution in [3.8, 4) is 28.5 Å². The summed E-state index contributed by atoms with van der Waals surface area (Å²) in [6.45, 7) is 4.66. The van der Waals surface area contributed by atoms with Gasteiger partial charge in [-0.2, -0.15) is 5.26 Å². The lowest BCUT2D eigenvalue weighted by Crippen LogP contribution is -1.97. The summed E-state index contributed by atoms with van der Waals surface area (Å²) in [5.41, 5.74) is 8.12. The molecule has 0 saturated heterocycles. The van der Waals surface area contributed by atoms with E-state index in [1.165, 1.54) is 12.1 Å². The van der Waals surface area contributed by atoms with Crippen LogP contribution in [0.15, 0.2) is 113 Å². The molecule has 0 amide bonds. The highest BCUT2D eigenvalue weighted by Gasteiger charge is 2.23. The van der Waals surface area contributed by atoms with E-state index in [0.717, 1.165) is 49.8 Å². The fraction of sp³-hybridized carbons (Fsp3) is 0.0857. The summed E-state index contributed by atoms with van der Waals surface area (Å²) in [5, 5.41) is 11.3. The summed E-state index contributed by atoms with van der Waals surface area (Å²) < 4.78 is 21.9. The number of aromatic nitrogens is 1. The number of furan rings is 1. The molecule has 40 heavy (non-hydrogen) atoms. The van der Waals surface area contributed by atoms with Crippen molar-refractivity contribution in [3.63, 3.8) is 0 Å². The molecule has 0 unspecified atom stereocenters. The van der Waals surface area contributed by atoms with E-state index in [-0.39, 0.29) is 11.7 Å². The van der Waals surface area contributed by atoms with Gasteiger partial charge >= 0.3 is 0 Å². The van der Waals surface area contributed by atoms with Gasteiger partial charge in [0.15, 0.2) is 0 Å². The minimum atomic E-state index is -0.254. The van der Waals surface area contributed by atoms with Gasteiger partial charge in [0.1, 0.15) is 23.2 Å². The Labute approximate surface area is 232 Å². The first-order valence-corrected chi connectivity index (χ1v) is 13.1. The molecule has 0 atom stereocenters. The second kappa shape index (κ2) is 10.5. The van der Waals surface area contributed by atoms with E-state index in [9.17, 15) is 9.65 Å². The molecule has 5 heteroatoms. The molecule has 0 aliphatic heterocycles. The van der Waals surface area contributed by atoms with E-state index < -0.39 is 0 Å². The highest BCUT2D eigenvalue weighted by molar-refractivity contribution is 6.00. The number of halogens is 1. The number of fused-ring (bicyclic) bond motifs is 1. The zero-order chi connectivity index (χ0) is 27.6. The Morgan fingerprint density at radius 1 is 0.850 bits per heavy atom. The number of rotatable bonds is 6. The van der Waals surface area contributed by atoms with E-state index in [0.29, 0.717) is 17.9 Å². The van der Waals surface area contributed by atoms with E-state index >= 15 is 0 Å². The molecule has 0 saturated carbocycles. The van der Waals surface area contributed by atoms with Crippen LogP contribution in [0.3, 0.4) is 0 Å². The maximum Gasteiger partial charge on any atom is 0.238 e. The highest BCUT2D eigenvalue weighted by Crippen LogP contribution is 2.42. The maximum absolute atomic E-state index is 13.4. The van der Waals surface area contributed by atoms with Gasteiger partial charge in [-0.15, -0.1) is 0 Å². The van der Waals surface area contributed by atoms with Crippen molar-refractivity contribution in [2.75, 3.05) is 0 Å². The van der Waals surface area contributed by atoms with Gasteiger partial charge in [0.05, 0.1) is 0 Å². The van der Waals surface area contributed by atoms with Gasteiger partial charge in [-0.1, -0.05) is 90.0 Å². The third-order valence-corrected chi connectivity index (χ3v) is 7.06. The normalized spacial score (nSPS) is 11.3. The van der Waals surface area contributed by atoms with Crippen molar-refractivity contribution in [1.29, 1.82) is 5.26 Å². The van der Waals surface area contributed by atoms with Gasteiger partial charge < -0.3 is 8.98 Å². The minimum Gasteiger partial charge on any atom is -0.436 e. The largest absolute Gasteiger partial charge is 0.436 e. The number of hydrogen-bond donors (Lipinski definition) is 0. The lowest BCUT2D eigenvalue weighted by Gasteiger charge is -2.05. The van der Waals surface area contributed by atoms with Crippen LogP contribution in [-0.2, 0) is 6.54 Å². The Balaban J connectivity index is 1.45. The highest BCUT2D eigenvalue weighted by atomic mass is 19.1. The van der Waals surface area contributed by atoms with Crippen molar-refractivity contribution in [2.24, 2.45) is 4.99 Å². The average Bonchev–Trinajstić information content (AvgIpc) is 3.52. The van der Waals surface area contributed by atoms with Gasteiger partial charge in [-0.3, -0.25) is 0 Å². The number of para-hydroxylation sites is 1. The molecule has 6 rings (SSSR count). The van der Waals surface area contributed by atoms with Gasteiger partial charge in [-0.05, 0) is 43.2 Å². The maximum atomic E-state index is 13.4. The van der Waals surface area contributed by atoms with Gasteiger partial charge in [0, 0.05) is 46.5 Å². The van der Waals surface area contributed by atoms with E-state index in [2.05, 4.69) is 16.7 Å². The smallest absolute Gasteiger partial charge is 0.238 e. The van der Waals surface area contributed by atoms with Crippen molar-refractivity contribution in [1.82, 2.24) is 4.57 Å². The fourth-order valence-corrected chi connectivity index (χ4v) is 4.94. The molecular weight excluding hydrogens is 497 g/mol. The summed E-state index contributed by atoms with van der Waals surface area (Å²) in [6.07, 6.45) is 3.77. The number of hydrogen-bond acceptors (Lipinski definition) is 3. The van der Waals surface area contributed by atoms with Crippen LogP contribution in [-0.4, -0.2) is 10.8 Å². The molecular formula is C35H26FN3O. The van der Waals surface area contributed by atoms with Gasteiger partial charge in [0.2, 0.25) is 5.88 Å². The number of aliphatic imine (C=N–C) groups is 1. The first-order chi connectivity index (χ1) is 19.5. The molecule has 0 bridgehead atoms. The molecule has 194 valence electrons. The summed E-state index contributed by atoms with van der Waals surface area (Å²) in [7, 11) is 0. The first-order valence-electron chi connectivity index (χ1n) is 13.1. The molecule has 0 fully saturated rings. The topological polar surface area (TPSA) is 54.2 Å². The third-order valence-electron chi connectivity index (χ3n) is 7.06. The van der Waals surface area contributed by atoms with Crippen LogP contribution in [0.4, 0.5) is 10.3 Å². The fourth-order valence-electron chi connectivity index (χ4n) is 4.94. The van der Waals surface area contributed by atoms with Crippen LogP contribution >= 0.6 is 0 Å². The molecule has 2 heterocycles. The molecule has 2 aromatic heterocycles. The number of nitrogens with zero attached hydrogens (tertiary/aromatic N) is 3. The average molecular weight is 524 g/mol. The van der Waals surface area contributed by atoms with E-state index in [1.54, 1.807) is 18.3 Å².